The SMILES string of the molecule is Cc1cc(C)c2c(c1)CN(C(=O)NC(C)c1ccn(C)n1)CC2. The van der Waals surface area contributed by atoms with Crippen LogP contribution in [0.5, 0.6) is 0 Å². The molecule has 1 aromatic heterocycles. The zero-order valence-corrected chi connectivity index (χ0v) is 14.3. The first-order chi connectivity index (χ1) is 10.9. The van der Waals surface area contributed by atoms with E-state index in [2.05, 4.69) is 36.4 Å². The number of rotatable bonds is 2. The van der Waals surface area contributed by atoms with Gasteiger partial charge in [0.15, 0.2) is 0 Å². The van der Waals surface area contributed by atoms with Gasteiger partial charge in [-0.25, -0.2) is 4.79 Å². The second-order valence-electron chi connectivity index (χ2n) is 6.48. The van der Waals surface area contributed by atoms with Gasteiger partial charge in [0.25, 0.3) is 0 Å². The predicted octanol–water partition coefficient (Wildman–Crippen LogP) is 2.87. The molecule has 0 saturated carbocycles. The lowest BCUT2D eigenvalue weighted by atomic mass is 9.93. The molecule has 0 fully saturated rings. The van der Waals surface area contributed by atoms with Gasteiger partial charge in [0.1, 0.15) is 0 Å². The van der Waals surface area contributed by atoms with Crippen LogP contribution in [-0.2, 0) is 20.0 Å². The molecule has 0 bridgehead atoms. The van der Waals surface area contributed by atoms with Crippen molar-refractivity contribution >= 4 is 6.03 Å². The van der Waals surface area contributed by atoms with E-state index in [9.17, 15) is 4.79 Å². The number of amides is 2. The van der Waals surface area contributed by atoms with Crippen molar-refractivity contribution in [2.24, 2.45) is 7.05 Å². The molecule has 2 aromatic rings. The van der Waals surface area contributed by atoms with E-state index in [0.717, 1.165) is 18.7 Å². The third-order valence-electron chi connectivity index (χ3n) is 4.51. The summed E-state index contributed by atoms with van der Waals surface area (Å²) >= 11 is 0. The Balaban J connectivity index is 1.69. The smallest absolute Gasteiger partial charge is 0.318 e. The summed E-state index contributed by atoms with van der Waals surface area (Å²) in [7, 11) is 1.88. The van der Waals surface area contributed by atoms with Crippen molar-refractivity contribution in [1.82, 2.24) is 20.0 Å². The molecule has 2 amide bonds. The van der Waals surface area contributed by atoms with E-state index < -0.39 is 0 Å². The Morgan fingerprint density at radius 3 is 2.83 bits per heavy atom. The van der Waals surface area contributed by atoms with Crippen LogP contribution < -0.4 is 5.32 Å². The molecule has 0 saturated heterocycles. The number of nitrogens with one attached hydrogen (secondary N) is 1. The van der Waals surface area contributed by atoms with E-state index in [1.165, 1.54) is 22.3 Å². The van der Waals surface area contributed by atoms with Crippen LogP contribution in [0.3, 0.4) is 0 Å². The zero-order chi connectivity index (χ0) is 16.6. The molecule has 1 unspecified atom stereocenters. The molecule has 1 aliphatic rings. The van der Waals surface area contributed by atoms with Crippen molar-refractivity contribution in [3.05, 3.63) is 52.3 Å². The van der Waals surface area contributed by atoms with E-state index in [1.807, 2.05) is 31.1 Å². The number of hydrogen-bond donors (Lipinski definition) is 1. The normalized spacial score (nSPS) is 15.2. The molecule has 1 aliphatic heterocycles. The Morgan fingerprint density at radius 2 is 2.13 bits per heavy atom. The van der Waals surface area contributed by atoms with Crippen LogP contribution in [0, 0.1) is 13.8 Å². The number of benzene rings is 1. The second-order valence-corrected chi connectivity index (χ2v) is 6.48. The van der Waals surface area contributed by atoms with Gasteiger partial charge in [-0.05, 0) is 49.9 Å². The highest BCUT2D eigenvalue weighted by Crippen LogP contribution is 2.24. The molecule has 0 spiro atoms. The molecule has 2 heterocycles. The molecule has 1 aromatic carbocycles. The summed E-state index contributed by atoms with van der Waals surface area (Å²) in [5.74, 6) is 0. The molecule has 1 N–H and O–H groups in total. The quantitative estimate of drug-likeness (QED) is 0.927. The minimum absolute atomic E-state index is 0.0204. The van der Waals surface area contributed by atoms with Gasteiger partial charge in [0.2, 0.25) is 0 Å². The molecule has 122 valence electrons. The van der Waals surface area contributed by atoms with Crippen molar-refractivity contribution in [2.75, 3.05) is 6.54 Å². The van der Waals surface area contributed by atoms with E-state index in [-0.39, 0.29) is 12.1 Å². The largest absolute Gasteiger partial charge is 0.330 e. The maximum Gasteiger partial charge on any atom is 0.318 e. The molecular formula is C18H24N4O. The first-order valence-electron chi connectivity index (χ1n) is 8.08. The monoisotopic (exact) mass is 312 g/mol. The Labute approximate surface area is 137 Å². The minimum atomic E-state index is -0.0932. The number of fused-ring (bicyclic) bond motifs is 1. The van der Waals surface area contributed by atoms with Gasteiger partial charge in [-0.1, -0.05) is 17.7 Å². The van der Waals surface area contributed by atoms with Gasteiger partial charge in [-0.2, -0.15) is 5.10 Å². The number of carbonyl (C=O) groups is 1. The third kappa shape index (κ3) is 3.23. The molecule has 0 aliphatic carbocycles. The number of aromatic nitrogens is 2. The van der Waals surface area contributed by atoms with E-state index in [4.69, 9.17) is 0 Å². The molecule has 0 radical (unpaired) electrons. The minimum Gasteiger partial charge on any atom is -0.330 e. The first kappa shape index (κ1) is 15.6. The van der Waals surface area contributed by atoms with Gasteiger partial charge in [0.05, 0.1) is 11.7 Å². The van der Waals surface area contributed by atoms with Gasteiger partial charge >= 0.3 is 6.03 Å². The van der Waals surface area contributed by atoms with Crippen LogP contribution in [0.4, 0.5) is 4.79 Å². The van der Waals surface area contributed by atoms with Crippen molar-refractivity contribution in [1.29, 1.82) is 0 Å². The number of hydrogen-bond acceptors (Lipinski definition) is 2. The number of nitrogens with zero attached hydrogens (tertiary/aromatic N) is 3. The average molecular weight is 312 g/mol. The summed E-state index contributed by atoms with van der Waals surface area (Å²) in [5.41, 5.74) is 6.14. The lowest BCUT2D eigenvalue weighted by Gasteiger charge is -2.31. The summed E-state index contributed by atoms with van der Waals surface area (Å²) < 4.78 is 1.75. The summed E-state index contributed by atoms with van der Waals surface area (Å²) in [6.07, 6.45) is 2.81. The topological polar surface area (TPSA) is 50.2 Å². The fourth-order valence-electron chi connectivity index (χ4n) is 3.30. The highest BCUT2D eigenvalue weighted by atomic mass is 16.2. The lowest BCUT2D eigenvalue weighted by molar-refractivity contribution is 0.188. The maximum absolute atomic E-state index is 12.5. The molecule has 5 nitrogen and oxygen atoms in total. The number of urea groups is 1. The number of aryl methyl sites for hydroxylation is 3. The number of carbonyl (C=O) groups excluding carboxylic acids is 1. The molecule has 3 rings (SSSR count). The van der Waals surface area contributed by atoms with Gasteiger partial charge < -0.3 is 10.2 Å². The summed E-state index contributed by atoms with van der Waals surface area (Å²) in [5, 5.41) is 7.40. The molecule has 23 heavy (non-hydrogen) atoms. The van der Waals surface area contributed by atoms with E-state index in [0.29, 0.717) is 6.54 Å². The standard InChI is InChI=1S/C18H24N4O/c1-12-9-13(2)16-5-8-22(11-15(16)10-12)18(23)19-14(3)17-6-7-21(4)20-17/h6-7,9-10,14H,5,8,11H2,1-4H3,(H,19,23). The summed E-state index contributed by atoms with van der Waals surface area (Å²) in [6.45, 7) is 7.67. The van der Waals surface area contributed by atoms with Crippen LogP contribution in [0.2, 0.25) is 0 Å². The summed E-state index contributed by atoms with van der Waals surface area (Å²) in [6, 6.07) is 6.24. The third-order valence-corrected chi connectivity index (χ3v) is 4.51. The molecular weight excluding hydrogens is 288 g/mol. The Kier molecular flexibility index (Phi) is 4.11. The maximum atomic E-state index is 12.5. The fraction of sp³-hybridized carbons (Fsp3) is 0.444. The van der Waals surface area contributed by atoms with Crippen molar-refractivity contribution in [3.63, 3.8) is 0 Å². The highest BCUT2D eigenvalue weighted by Gasteiger charge is 2.23. The molecule has 1 atom stereocenters. The van der Waals surface area contributed by atoms with Crippen molar-refractivity contribution in [2.45, 2.75) is 39.8 Å². The van der Waals surface area contributed by atoms with Crippen LogP contribution >= 0.6 is 0 Å². The Morgan fingerprint density at radius 1 is 1.35 bits per heavy atom. The van der Waals surface area contributed by atoms with E-state index in [1.54, 1.807) is 4.68 Å². The van der Waals surface area contributed by atoms with Crippen LogP contribution in [0.25, 0.3) is 0 Å². The Bertz CT molecular complexity index is 735. The average Bonchev–Trinajstić information content (AvgIpc) is 2.93. The highest BCUT2D eigenvalue weighted by molar-refractivity contribution is 5.75. The molecule has 5 heteroatoms. The van der Waals surface area contributed by atoms with E-state index >= 15 is 0 Å². The van der Waals surface area contributed by atoms with Crippen molar-refractivity contribution < 1.29 is 4.79 Å². The second kappa shape index (κ2) is 6.07. The summed E-state index contributed by atoms with van der Waals surface area (Å²) in [4.78, 5) is 14.4. The van der Waals surface area contributed by atoms with Crippen LogP contribution in [0.1, 0.15) is 40.9 Å². The zero-order valence-electron chi connectivity index (χ0n) is 14.3. The first-order valence-corrected chi connectivity index (χ1v) is 8.08. The van der Waals surface area contributed by atoms with Gasteiger partial charge in [-0.15, -0.1) is 0 Å². The predicted molar refractivity (Wildman–Crippen MR) is 90.2 cm³/mol. The van der Waals surface area contributed by atoms with Crippen molar-refractivity contribution in [3.8, 4) is 0 Å². The Hall–Kier alpha value is -2.30. The van der Waals surface area contributed by atoms with Crippen LogP contribution in [-0.4, -0.2) is 27.3 Å². The lowest BCUT2D eigenvalue weighted by Crippen LogP contribution is -2.43. The van der Waals surface area contributed by atoms with Gasteiger partial charge in [-0.3, -0.25) is 4.68 Å². The fourth-order valence-corrected chi connectivity index (χ4v) is 3.30. The van der Waals surface area contributed by atoms with Crippen LogP contribution in [0.15, 0.2) is 24.4 Å². The van der Waals surface area contributed by atoms with Gasteiger partial charge in [0, 0.05) is 26.3 Å².